The summed E-state index contributed by atoms with van der Waals surface area (Å²) >= 11 is 0. The third-order valence-electron chi connectivity index (χ3n) is 2.79. The topological polar surface area (TPSA) is 32.3 Å². The molecule has 1 aliphatic rings. The molecular weight excluding hydrogens is 164 g/mol. The van der Waals surface area contributed by atoms with E-state index in [1.807, 2.05) is 6.92 Å². The maximum atomic E-state index is 10.9. The van der Waals surface area contributed by atoms with Crippen molar-refractivity contribution >= 4 is 5.91 Å². The van der Waals surface area contributed by atoms with E-state index in [0.29, 0.717) is 12.5 Å². The number of hydrogen-bond acceptors (Lipinski definition) is 2. The lowest BCUT2D eigenvalue weighted by molar-refractivity contribution is -0.120. The van der Waals surface area contributed by atoms with E-state index in [4.69, 9.17) is 0 Å². The van der Waals surface area contributed by atoms with Crippen LogP contribution < -0.4 is 5.32 Å². The Bertz CT molecular complexity index is 170. The zero-order chi connectivity index (χ0) is 9.68. The maximum absolute atomic E-state index is 10.9. The minimum Gasteiger partial charge on any atom is -0.356 e. The molecule has 1 amide bonds. The summed E-state index contributed by atoms with van der Waals surface area (Å²) in [5, 5.41) is 2.91. The molecule has 0 aromatic rings. The van der Waals surface area contributed by atoms with Crippen LogP contribution in [0.4, 0.5) is 0 Å². The summed E-state index contributed by atoms with van der Waals surface area (Å²) in [6.07, 6.45) is 4.30. The van der Waals surface area contributed by atoms with E-state index >= 15 is 0 Å². The highest BCUT2D eigenvalue weighted by Crippen LogP contribution is 2.16. The van der Waals surface area contributed by atoms with Gasteiger partial charge in [0.1, 0.15) is 0 Å². The van der Waals surface area contributed by atoms with Gasteiger partial charge in [-0.3, -0.25) is 4.79 Å². The lowest BCUT2D eigenvalue weighted by Gasteiger charge is -2.19. The van der Waals surface area contributed by atoms with Gasteiger partial charge in [-0.15, -0.1) is 0 Å². The van der Waals surface area contributed by atoms with Crippen LogP contribution in [0.1, 0.15) is 32.6 Å². The van der Waals surface area contributed by atoms with E-state index < -0.39 is 0 Å². The summed E-state index contributed by atoms with van der Waals surface area (Å²) in [6.45, 7) is 3.94. The average molecular weight is 184 g/mol. The largest absolute Gasteiger partial charge is 0.356 e. The van der Waals surface area contributed by atoms with Gasteiger partial charge in [0.25, 0.3) is 0 Å². The molecular formula is C10H20N2O. The van der Waals surface area contributed by atoms with Crippen LogP contribution in [0.3, 0.4) is 0 Å². The summed E-state index contributed by atoms with van der Waals surface area (Å²) in [7, 11) is 2.17. The van der Waals surface area contributed by atoms with Crippen LogP contribution in [-0.4, -0.2) is 37.0 Å². The second-order valence-electron chi connectivity index (χ2n) is 3.77. The quantitative estimate of drug-likeness (QED) is 0.707. The van der Waals surface area contributed by atoms with Crippen LogP contribution in [0.15, 0.2) is 0 Å². The van der Waals surface area contributed by atoms with Gasteiger partial charge in [-0.25, -0.2) is 0 Å². The van der Waals surface area contributed by atoms with Crippen molar-refractivity contribution in [2.24, 2.45) is 0 Å². The summed E-state index contributed by atoms with van der Waals surface area (Å²) in [6, 6.07) is 0.692. The summed E-state index contributed by atoms with van der Waals surface area (Å²) < 4.78 is 0. The number of carbonyl (C=O) groups is 1. The molecule has 0 aromatic carbocycles. The van der Waals surface area contributed by atoms with Crippen LogP contribution in [0.25, 0.3) is 0 Å². The second-order valence-corrected chi connectivity index (χ2v) is 3.77. The second kappa shape index (κ2) is 5.22. The highest BCUT2D eigenvalue weighted by molar-refractivity contribution is 5.75. The minimum absolute atomic E-state index is 0.167. The molecule has 1 aliphatic heterocycles. The molecule has 0 bridgehead atoms. The van der Waals surface area contributed by atoms with Crippen molar-refractivity contribution in [3.05, 3.63) is 0 Å². The van der Waals surface area contributed by atoms with Crippen LogP contribution >= 0.6 is 0 Å². The molecule has 1 saturated heterocycles. The maximum Gasteiger partial charge on any atom is 0.219 e. The fourth-order valence-electron chi connectivity index (χ4n) is 1.85. The van der Waals surface area contributed by atoms with Crippen molar-refractivity contribution in [2.75, 3.05) is 20.1 Å². The third kappa shape index (κ3) is 3.35. The lowest BCUT2D eigenvalue weighted by atomic mass is 10.1. The van der Waals surface area contributed by atoms with E-state index in [1.165, 1.54) is 19.4 Å². The van der Waals surface area contributed by atoms with Gasteiger partial charge >= 0.3 is 0 Å². The highest BCUT2D eigenvalue weighted by atomic mass is 16.1. The Morgan fingerprint density at radius 1 is 1.62 bits per heavy atom. The van der Waals surface area contributed by atoms with Crippen LogP contribution in [0.5, 0.6) is 0 Å². The molecule has 1 heterocycles. The number of likely N-dealkylation sites (tertiary alicyclic amines) is 1. The van der Waals surface area contributed by atoms with E-state index in [1.54, 1.807) is 0 Å². The van der Waals surface area contributed by atoms with Gasteiger partial charge in [0.05, 0.1) is 0 Å². The van der Waals surface area contributed by atoms with Crippen molar-refractivity contribution in [1.29, 1.82) is 0 Å². The molecule has 0 aliphatic carbocycles. The standard InChI is InChI=1S/C10H20N2O/c1-3-10(13)11-7-6-9-5-4-8-12(9)2/h9H,3-8H2,1-2H3,(H,11,13). The third-order valence-corrected chi connectivity index (χ3v) is 2.79. The fraction of sp³-hybridized carbons (Fsp3) is 0.900. The Balaban J connectivity index is 2.08. The Morgan fingerprint density at radius 3 is 2.92 bits per heavy atom. The van der Waals surface area contributed by atoms with Crippen LogP contribution in [0.2, 0.25) is 0 Å². The monoisotopic (exact) mass is 184 g/mol. The van der Waals surface area contributed by atoms with E-state index in [-0.39, 0.29) is 5.91 Å². The van der Waals surface area contributed by atoms with Crippen molar-refractivity contribution < 1.29 is 4.79 Å². The molecule has 0 aromatic heterocycles. The first-order chi connectivity index (χ1) is 6.24. The molecule has 0 radical (unpaired) electrons. The number of rotatable bonds is 4. The molecule has 1 atom stereocenters. The van der Waals surface area contributed by atoms with Gasteiger partial charge < -0.3 is 10.2 Å². The average Bonchev–Trinajstić information content (AvgIpc) is 2.52. The smallest absolute Gasteiger partial charge is 0.219 e. The van der Waals surface area contributed by atoms with E-state index in [9.17, 15) is 4.79 Å². The lowest BCUT2D eigenvalue weighted by Crippen LogP contribution is -2.31. The molecule has 3 nitrogen and oxygen atoms in total. The minimum atomic E-state index is 0.167. The van der Waals surface area contributed by atoms with Crippen molar-refractivity contribution in [3.8, 4) is 0 Å². The predicted molar refractivity (Wildman–Crippen MR) is 53.6 cm³/mol. The molecule has 1 fully saturated rings. The Kier molecular flexibility index (Phi) is 4.22. The van der Waals surface area contributed by atoms with Crippen molar-refractivity contribution in [1.82, 2.24) is 10.2 Å². The van der Waals surface area contributed by atoms with Gasteiger partial charge in [-0.2, -0.15) is 0 Å². The molecule has 13 heavy (non-hydrogen) atoms. The number of hydrogen-bond donors (Lipinski definition) is 1. The summed E-state index contributed by atoms with van der Waals surface area (Å²) in [4.78, 5) is 13.3. The first kappa shape index (κ1) is 10.5. The van der Waals surface area contributed by atoms with Gasteiger partial charge in [-0.05, 0) is 32.9 Å². The van der Waals surface area contributed by atoms with Crippen molar-refractivity contribution in [3.63, 3.8) is 0 Å². The molecule has 1 unspecified atom stereocenters. The molecule has 3 heteroatoms. The molecule has 0 spiro atoms. The van der Waals surface area contributed by atoms with Gasteiger partial charge in [-0.1, -0.05) is 6.92 Å². The van der Waals surface area contributed by atoms with E-state index in [2.05, 4.69) is 17.3 Å². The Labute approximate surface area is 80.5 Å². The van der Waals surface area contributed by atoms with Gasteiger partial charge in [0.15, 0.2) is 0 Å². The van der Waals surface area contributed by atoms with Crippen molar-refractivity contribution in [2.45, 2.75) is 38.6 Å². The number of nitrogens with one attached hydrogen (secondary N) is 1. The summed E-state index contributed by atoms with van der Waals surface area (Å²) in [5.74, 6) is 0.167. The number of nitrogens with zero attached hydrogens (tertiary/aromatic N) is 1. The zero-order valence-electron chi connectivity index (χ0n) is 8.68. The Morgan fingerprint density at radius 2 is 2.38 bits per heavy atom. The first-order valence-corrected chi connectivity index (χ1v) is 5.21. The van der Waals surface area contributed by atoms with Crippen LogP contribution in [0, 0.1) is 0 Å². The predicted octanol–water partition coefficient (Wildman–Crippen LogP) is 0.997. The Hall–Kier alpha value is -0.570. The zero-order valence-corrected chi connectivity index (χ0v) is 8.68. The fourth-order valence-corrected chi connectivity index (χ4v) is 1.85. The van der Waals surface area contributed by atoms with Crippen LogP contribution in [-0.2, 0) is 4.79 Å². The number of carbonyl (C=O) groups excluding carboxylic acids is 1. The molecule has 0 saturated carbocycles. The summed E-state index contributed by atoms with van der Waals surface area (Å²) in [5.41, 5.74) is 0. The highest BCUT2D eigenvalue weighted by Gasteiger charge is 2.19. The molecule has 76 valence electrons. The van der Waals surface area contributed by atoms with Gasteiger partial charge in [0.2, 0.25) is 5.91 Å². The van der Waals surface area contributed by atoms with Gasteiger partial charge in [0, 0.05) is 19.0 Å². The SMILES string of the molecule is CCC(=O)NCCC1CCCN1C. The van der Waals surface area contributed by atoms with E-state index in [0.717, 1.165) is 13.0 Å². The number of amides is 1. The normalized spacial score (nSPS) is 23.4. The molecule has 1 N–H and O–H groups in total. The first-order valence-electron chi connectivity index (χ1n) is 5.21. The molecule has 1 rings (SSSR count).